The fourth-order valence-electron chi connectivity index (χ4n) is 2.13. The second-order valence-corrected chi connectivity index (χ2v) is 6.31. The minimum atomic E-state index is -3.85. The van der Waals surface area contributed by atoms with Gasteiger partial charge in [-0.3, -0.25) is 4.84 Å². The van der Waals surface area contributed by atoms with Gasteiger partial charge >= 0.3 is 0 Å². The zero-order valence-electron chi connectivity index (χ0n) is 11.8. The van der Waals surface area contributed by atoms with Crippen LogP contribution >= 0.6 is 0 Å². The average Bonchev–Trinajstić information content (AvgIpc) is 2.38. The Labute approximate surface area is 123 Å². The van der Waals surface area contributed by atoms with Gasteiger partial charge in [0.15, 0.2) is 0 Å². The lowest BCUT2D eigenvalue weighted by Crippen LogP contribution is -2.25. The number of halogens is 1. The van der Waals surface area contributed by atoms with Gasteiger partial charge in [-0.1, -0.05) is 35.2 Å². The molecule has 6 heteroatoms. The van der Waals surface area contributed by atoms with Gasteiger partial charge < -0.3 is 0 Å². The van der Waals surface area contributed by atoms with Crippen molar-refractivity contribution in [3.05, 3.63) is 65.0 Å². The molecule has 0 aliphatic heterocycles. The Balaban J connectivity index is 2.12. The summed E-state index contributed by atoms with van der Waals surface area (Å²) in [5.74, 6) is -0.464. The summed E-state index contributed by atoms with van der Waals surface area (Å²) in [5, 5.41) is 0. The minimum Gasteiger partial charge on any atom is -0.282 e. The number of hydrogen-bond acceptors (Lipinski definition) is 3. The van der Waals surface area contributed by atoms with E-state index in [0.29, 0.717) is 11.1 Å². The summed E-state index contributed by atoms with van der Waals surface area (Å²) >= 11 is 0. The second-order valence-electron chi connectivity index (χ2n) is 4.73. The van der Waals surface area contributed by atoms with E-state index in [0.717, 1.165) is 5.56 Å². The molecule has 1 N–H and O–H groups in total. The maximum absolute atomic E-state index is 13.2. The Hall–Kier alpha value is -1.76. The van der Waals surface area contributed by atoms with E-state index in [9.17, 15) is 12.8 Å². The first-order chi connectivity index (χ1) is 9.90. The molecule has 0 saturated carbocycles. The molecule has 0 aliphatic rings. The van der Waals surface area contributed by atoms with Crippen LogP contribution in [0.15, 0.2) is 47.4 Å². The van der Waals surface area contributed by atoms with Crippen molar-refractivity contribution in [1.29, 1.82) is 0 Å². The van der Waals surface area contributed by atoms with Crippen LogP contribution in [0.5, 0.6) is 0 Å². The Morgan fingerprint density at radius 2 is 1.67 bits per heavy atom. The van der Waals surface area contributed by atoms with E-state index in [4.69, 9.17) is 4.84 Å². The Morgan fingerprint density at radius 3 is 2.24 bits per heavy atom. The van der Waals surface area contributed by atoms with Gasteiger partial charge in [0.2, 0.25) is 0 Å². The first kappa shape index (κ1) is 15.6. The van der Waals surface area contributed by atoms with Crippen LogP contribution < -0.4 is 4.89 Å². The van der Waals surface area contributed by atoms with Gasteiger partial charge in [0.05, 0.1) is 11.5 Å². The molecule has 0 heterocycles. The molecule has 0 spiro atoms. The summed E-state index contributed by atoms with van der Waals surface area (Å²) in [7, 11) is -3.85. The second kappa shape index (κ2) is 6.34. The van der Waals surface area contributed by atoms with E-state index >= 15 is 0 Å². The molecule has 2 aromatic carbocycles. The smallest absolute Gasteiger partial charge is 0.263 e. The number of hydrogen-bond donors (Lipinski definition) is 1. The van der Waals surface area contributed by atoms with Gasteiger partial charge in [0.25, 0.3) is 10.0 Å². The number of aryl methyl sites for hydroxylation is 2. The van der Waals surface area contributed by atoms with Gasteiger partial charge in [-0.05, 0) is 42.7 Å². The number of sulfonamides is 1. The summed E-state index contributed by atoms with van der Waals surface area (Å²) in [6.45, 7) is 3.20. The normalized spacial score (nSPS) is 11.6. The monoisotopic (exact) mass is 309 g/mol. The number of benzene rings is 2. The standard InChI is InChI=1S/C15H16FNO3S/c1-11-8-14(16)9-12(2)15(11)21(18,19)17-20-10-13-6-4-3-5-7-13/h3-9,17H,10H2,1-2H3. The molecule has 0 aliphatic carbocycles. The largest absolute Gasteiger partial charge is 0.282 e. The van der Waals surface area contributed by atoms with Crippen LogP contribution in [-0.2, 0) is 21.5 Å². The van der Waals surface area contributed by atoms with Crippen molar-refractivity contribution in [2.45, 2.75) is 25.3 Å². The lowest BCUT2D eigenvalue weighted by molar-refractivity contribution is 0.0795. The molecule has 0 saturated heterocycles. The van der Waals surface area contributed by atoms with Crippen LogP contribution in [0.3, 0.4) is 0 Å². The van der Waals surface area contributed by atoms with Crippen molar-refractivity contribution in [2.75, 3.05) is 0 Å². The summed E-state index contributed by atoms with van der Waals surface area (Å²) in [5.41, 5.74) is 1.51. The van der Waals surface area contributed by atoms with Gasteiger partial charge in [-0.25, -0.2) is 12.8 Å². The van der Waals surface area contributed by atoms with Crippen LogP contribution in [-0.4, -0.2) is 8.42 Å². The van der Waals surface area contributed by atoms with Crippen molar-refractivity contribution in [3.8, 4) is 0 Å². The molecular formula is C15H16FNO3S. The first-order valence-electron chi connectivity index (χ1n) is 6.34. The SMILES string of the molecule is Cc1cc(F)cc(C)c1S(=O)(=O)NOCc1ccccc1. The Bertz CT molecular complexity index is 707. The van der Waals surface area contributed by atoms with Gasteiger partial charge in [-0.2, -0.15) is 0 Å². The quantitative estimate of drug-likeness (QED) is 0.864. The van der Waals surface area contributed by atoms with Crippen LogP contribution in [0.1, 0.15) is 16.7 Å². The fraction of sp³-hybridized carbons (Fsp3) is 0.200. The maximum Gasteiger partial charge on any atom is 0.263 e. The maximum atomic E-state index is 13.2. The van der Waals surface area contributed by atoms with E-state index in [1.54, 1.807) is 13.8 Å². The van der Waals surface area contributed by atoms with Crippen molar-refractivity contribution in [3.63, 3.8) is 0 Å². The minimum absolute atomic E-state index is 0.0389. The van der Waals surface area contributed by atoms with E-state index in [2.05, 4.69) is 4.89 Å². The molecule has 112 valence electrons. The predicted molar refractivity (Wildman–Crippen MR) is 77.4 cm³/mol. The molecule has 0 radical (unpaired) electrons. The first-order valence-corrected chi connectivity index (χ1v) is 7.83. The third kappa shape index (κ3) is 3.87. The molecular weight excluding hydrogens is 293 g/mol. The lowest BCUT2D eigenvalue weighted by Gasteiger charge is -2.12. The molecule has 4 nitrogen and oxygen atoms in total. The zero-order chi connectivity index (χ0) is 15.5. The molecule has 2 rings (SSSR count). The van der Waals surface area contributed by atoms with Crippen molar-refractivity contribution < 1.29 is 17.6 Å². The molecule has 0 unspecified atom stereocenters. The predicted octanol–water partition coefficient (Wildman–Crippen LogP) is 2.85. The van der Waals surface area contributed by atoms with E-state index in [1.165, 1.54) is 12.1 Å². The van der Waals surface area contributed by atoms with Crippen molar-refractivity contribution in [1.82, 2.24) is 4.89 Å². The van der Waals surface area contributed by atoms with Gasteiger partial charge in [0.1, 0.15) is 5.82 Å². The summed E-state index contributed by atoms with van der Waals surface area (Å²) in [6.07, 6.45) is 0. The van der Waals surface area contributed by atoms with Crippen LogP contribution in [0.4, 0.5) is 4.39 Å². The number of rotatable bonds is 5. The van der Waals surface area contributed by atoms with Gasteiger partial charge in [0, 0.05) is 0 Å². The van der Waals surface area contributed by atoms with E-state index < -0.39 is 15.8 Å². The van der Waals surface area contributed by atoms with E-state index in [-0.39, 0.29) is 11.5 Å². The Kier molecular flexibility index (Phi) is 4.72. The fourth-order valence-corrected chi connectivity index (χ4v) is 3.39. The Morgan fingerprint density at radius 1 is 1.10 bits per heavy atom. The molecule has 2 aromatic rings. The highest BCUT2D eigenvalue weighted by molar-refractivity contribution is 7.89. The summed E-state index contributed by atoms with van der Waals surface area (Å²) in [4.78, 5) is 7.16. The van der Waals surface area contributed by atoms with Crippen LogP contribution in [0.2, 0.25) is 0 Å². The third-order valence-electron chi connectivity index (χ3n) is 2.94. The highest BCUT2D eigenvalue weighted by atomic mass is 32.2. The molecule has 0 aromatic heterocycles. The van der Waals surface area contributed by atoms with Crippen LogP contribution in [0.25, 0.3) is 0 Å². The molecule has 0 amide bonds. The summed E-state index contributed by atoms with van der Waals surface area (Å²) in [6, 6.07) is 11.5. The van der Waals surface area contributed by atoms with Gasteiger partial charge in [-0.15, -0.1) is 0 Å². The van der Waals surface area contributed by atoms with E-state index in [1.807, 2.05) is 30.3 Å². The van der Waals surface area contributed by atoms with Crippen molar-refractivity contribution >= 4 is 10.0 Å². The highest BCUT2D eigenvalue weighted by Gasteiger charge is 2.20. The molecule has 0 bridgehead atoms. The van der Waals surface area contributed by atoms with Crippen LogP contribution in [0, 0.1) is 19.7 Å². The zero-order valence-corrected chi connectivity index (χ0v) is 12.6. The molecule has 0 atom stereocenters. The molecule has 21 heavy (non-hydrogen) atoms. The lowest BCUT2D eigenvalue weighted by atomic mass is 10.1. The summed E-state index contributed by atoms with van der Waals surface area (Å²) < 4.78 is 37.7. The van der Waals surface area contributed by atoms with Crippen molar-refractivity contribution in [2.24, 2.45) is 0 Å². The number of nitrogens with one attached hydrogen (secondary N) is 1. The highest BCUT2D eigenvalue weighted by Crippen LogP contribution is 2.21. The average molecular weight is 309 g/mol. The molecule has 0 fully saturated rings. The third-order valence-corrected chi connectivity index (χ3v) is 4.46. The topological polar surface area (TPSA) is 55.4 Å².